The van der Waals surface area contributed by atoms with Crippen LogP contribution >= 0.6 is 15.6 Å². The van der Waals surface area contributed by atoms with Gasteiger partial charge in [0, 0.05) is 25.7 Å². The summed E-state index contributed by atoms with van der Waals surface area (Å²) in [6.07, 6.45) is 87.5. The third kappa shape index (κ3) is 77.6. The number of carbonyl (C=O) groups is 4. The summed E-state index contributed by atoms with van der Waals surface area (Å²) in [7, 11) is -10.00. The molecule has 0 fully saturated rings. The zero-order valence-electron chi connectivity index (χ0n) is 66.8. The molecule has 0 saturated heterocycles. The molecule has 610 valence electrons. The first-order valence-corrected chi connectivity index (χ1v) is 44.8. The highest BCUT2D eigenvalue weighted by atomic mass is 31.2. The lowest BCUT2D eigenvalue weighted by Gasteiger charge is -2.21. The smallest absolute Gasteiger partial charge is 0.462 e. The minimum atomic E-state index is -5.00. The van der Waals surface area contributed by atoms with Gasteiger partial charge in [-0.25, -0.2) is 9.13 Å². The van der Waals surface area contributed by atoms with Crippen molar-refractivity contribution in [2.24, 2.45) is 0 Å². The molecule has 0 rings (SSSR count). The Bertz CT molecular complexity index is 2480. The van der Waals surface area contributed by atoms with Crippen molar-refractivity contribution in [3.8, 4) is 0 Å². The maximum absolute atomic E-state index is 13.1. The first-order valence-electron chi connectivity index (χ1n) is 41.8. The van der Waals surface area contributed by atoms with Crippen molar-refractivity contribution in [3.05, 3.63) is 122 Å². The number of aliphatic hydroxyl groups excluding tert-OH is 1. The number of phosphoric ester groups is 2. The Morgan fingerprint density at radius 2 is 0.472 bits per heavy atom. The van der Waals surface area contributed by atoms with E-state index in [-0.39, 0.29) is 25.7 Å². The number of rotatable bonds is 78. The predicted octanol–water partition coefficient (Wildman–Crippen LogP) is 24.7. The average Bonchev–Trinajstić information content (AvgIpc) is 0.905. The van der Waals surface area contributed by atoms with E-state index in [0.29, 0.717) is 38.5 Å². The molecule has 0 bridgehead atoms. The van der Waals surface area contributed by atoms with Crippen molar-refractivity contribution >= 4 is 39.5 Å². The normalized spacial score (nSPS) is 14.4. The summed E-state index contributed by atoms with van der Waals surface area (Å²) in [6, 6.07) is 0. The topological polar surface area (TPSA) is 237 Å². The maximum atomic E-state index is 13.1. The highest BCUT2D eigenvalue weighted by Crippen LogP contribution is 2.45. The second-order valence-electron chi connectivity index (χ2n) is 27.7. The number of carbonyl (C=O) groups excluding carboxylic acids is 4. The van der Waals surface area contributed by atoms with E-state index in [1.165, 1.54) is 135 Å². The van der Waals surface area contributed by atoms with Crippen LogP contribution in [0.15, 0.2) is 122 Å². The van der Waals surface area contributed by atoms with Gasteiger partial charge in [0.15, 0.2) is 12.2 Å². The van der Waals surface area contributed by atoms with Crippen LogP contribution in [-0.4, -0.2) is 96.7 Å². The number of esters is 4. The Balaban J connectivity index is 5.47. The fourth-order valence-electron chi connectivity index (χ4n) is 11.0. The van der Waals surface area contributed by atoms with Crippen LogP contribution in [0.5, 0.6) is 0 Å². The van der Waals surface area contributed by atoms with Crippen molar-refractivity contribution in [1.29, 1.82) is 0 Å². The number of aliphatic hydroxyl groups is 1. The second-order valence-corrected chi connectivity index (χ2v) is 30.6. The van der Waals surface area contributed by atoms with E-state index in [4.69, 9.17) is 37.0 Å². The SMILES string of the molecule is CCCCC/C=C\C/C=C\C/C=C\C/C=C\CCCC(=O)OC[C@H](COP(=O)(O)OC[C@H](O)COP(=O)(O)OC[C@@H](COC(=O)CCCCCCC/C=C\C/C=C\CCCCC)OC(=O)CCC/C=C\C/C=C\C/C=C\C/C=C\CCCCC)OC(=O)CCCCCCCCCCCCCCCCCCC. The third-order valence-electron chi connectivity index (χ3n) is 17.4. The van der Waals surface area contributed by atoms with Crippen LogP contribution < -0.4 is 0 Å². The van der Waals surface area contributed by atoms with Crippen LogP contribution in [0, 0.1) is 0 Å². The van der Waals surface area contributed by atoms with Crippen molar-refractivity contribution in [2.45, 2.75) is 367 Å². The lowest BCUT2D eigenvalue weighted by atomic mass is 10.0. The summed E-state index contributed by atoms with van der Waals surface area (Å²) in [5, 5.41) is 10.7. The predicted molar refractivity (Wildman–Crippen MR) is 436 cm³/mol. The van der Waals surface area contributed by atoms with Gasteiger partial charge in [-0.2, -0.15) is 0 Å². The van der Waals surface area contributed by atoms with Crippen LogP contribution in [-0.2, 0) is 65.4 Å². The zero-order valence-corrected chi connectivity index (χ0v) is 68.6. The van der Waals surface area contributed by atoms with Gasteiger partial charge in [-0.1, -0.05) is 310 Å². The fraction of sp³-hybridized carbons (Fsp3) is 0.724. The highest BCUT2D eigenvalue weighted by Gasteiger charge is 2.30. The summed E-state index contributed by atoms with van der Waals surface area (Å²) < 4.78 is 68.6. The van der Waals surface area contributed by atoms with Crippen LogP contribution in [0.25, 0.3) is 0 Å². The lowest BCUT2D eigenvalue weighted by Crippen LogP contribution is -2.30. The zero-order chi connectivity index (χ0) is 77.4. The molecule has 0 aliphatic heterocycles. The monoisotopic (exact) mass is 1530 g/mol. The summed E-state index contributed by atoms with van der Waals surface area (Å²) in [6.45, 7) is 4.70. The molecule has 19 heteroatoms. The molecule has 0 aliphatic carbocycles. The number of ether oxygens (including phenoxy) is 4. The van der Waals surface area contributed by atoms with Gasteiger partial charge >= 0.3 is 39.5 Å². The Morgan fingerprint density at radius 1 is 0.264 bits per heavy atom. The van der Waals surface area contributed by atoms with Gasteiger partial charge in [-0.3, -0.25) is 37.3 Å². The average molecular weight is 1530 g/mol. The van der Waals surface area contributed by atoms with Gasteiger partial charge < -0.3 is 33.8 Å². The van der Waals surface area contributed by atoms with E-state index in [0.717, 1.165) is 122 Å². The lowest BCUT2D eigenvalue weighted by molar-refractivity contribution is -0.161. The second kappa shape index (κ2) is 78.6. The molecule has 0 amide bonds. The van der Waals surface area contributed by atoms with Gasteiger partial charge in [0.25, 0.3) is 0 Å². The molecule has 5 atom stereocenters. The number of hydrogen-bond acceptors (Lipinski definition) is 15. The minimum Gasteiger partial charge on any atom is -0.462 e. The first kappa shape index (κ1) is 101. The summed E-state index contributed by atoms with van der Waals surface area (Å²) in [4.78, 5) is 73.1. The van der Waals surface area contributed by atoms with Gasteiger partial charge in [0.2, 0.25) is 0 Å². The largest absolute Gasteiger partial charge is 0.472 e. The molecule has 0 saturated carbocycles. The van der Waals surface area contributed by atoms with Crippen molar-refractivity contribution < 1.29 is 80.2 Å². The van der Waals surface area contributed by atoms with Gasteiger partial charge in [-0.05, 0) is 135 Å². The molecule has 3 N–H and O–H groups in total. The quantitative estimate of drug-likeness (QED) is 0.0169. The Labute approximate surface area is 644 Å². The number of hydrogen-bond donors (Lipinski definition) is 3. The molecule has 0 aromatic rings. The first-order chi connectivity index (χ1) is 51.7. The molecule has 106 heavy (non-hydrogen) atoms. The van der Waals surface area contributed by atoms with E-state index in [2.05, 4.69) is 125 Å². The van der Waals surface area contributed by atoms with Gasteiger partial charge in [0.05, 0.1) is 26.4 Å². The van der Waals surface area contributed by atoms with Gasteiger partial charge in [0.1, 0.15) is 19.3 Å². The molecular formula is C87H150O17P2. The molecule has 0 spiro atoms. The van der Waals surface area contributed by atoms with Crippen LogP contribution in [0.3, 0.4) is 0 Å². The summed E-state index contributed by atoms with van der Waals surface area (Å²) in [5.41, 5.74) is 0. The minimum absolute atomic E-state index is 0.0134. The highest BCUT2D eigenvalue weighted by molar-refractivity contribution is 7.47. The molecule has 17 nitrogen and oxygen atoms in total. The summed E-state index contributed by atoms with van der Waals surface area (Å²) in [5.74, 6) is -2.31. The number of phosphoric acid groups is 2. The number of allylic oxidation sites excluding steroid dienone is 20. The maximum Gasteiger partial charge on any atom is 0.472 e. The molecule has 0 aliphatic rings. The Kier molecular flexibility index (Phi) is 75.2. The molecule has 0 radical (unpaired) electrons. The summed E-state index contributed by atoms with van der Waals surface area (Å²) >= 11 is 0. The molecular weight excluding hydrogens is 1380 g/mol. The van der Waals surface area contributed by atoms with E-state index < -0.39 is 97.5 Å². The van der Waals surface area contributed by atoms with E-state index in [9.17, 15) is 43.2 Å². The number of unbranched alkanes of at least 4 members (excludes halogenated alkanes) is 32. The van der Waals surface area contributed by atoms with Crippen LogP contribution in [0.1, 0.15) is 349 Å². The fourth-order valence-corrected chi connectivity index (χ4v) is 12.6. The van der Waals surface area contributed by atoms with E-state index in [1.54, 1.807) is 0 Å². The van der Waals surface area contributed by atoms with Crippen molar-refractivity contribution in [2.75, 3.05) is 39.6 Å². The third-order valence-corrected chi connectivity index (χ3v) is 19.3. The van der Waals surface area contributed by atoms with Gasteiger partial charge in [-0.15, -0.1) is 0 Å². The molecule has 0 aromatic carbocycles. The Hall–Kier alpha value is -4.54. The van der Waals surface area contributed by atoms with Crippen molar-refractivity contribution in [1.82, 2.24) is 0 Å². The van der Waals surface area contributed by atoms with Crippen LogP contribution in [0.2, 0.25) is 0 Å². The Morgan fingerprint density at radius 3 is 0.774 bits per heavy atom. The van der Waals surface area contributed by atoms with Crippen LogP contribution in [0.4, 0.5) is 0 Å². The molecule has 0 aromatic heterocycles. The van der Waals surface area contributed by atoms with E-state index >= 15 is 0 Å². The molecule has 0 heterocycles. The van der Waals surface area contributed by atoms with E-state index in [1.807, 2.05) is 24.3 Å². The standard InChI is InChI=1S/C87H150O17P2/c1-5-9-13-17-21-25-29-33-37-40-44-48-52-56-60-64-68-72-85(90)98-78-83(104-87(92)74-70-66-62-58-54-50-46-42-39-35-31-27-23-19-15-11-7-3)80-102-106(95,96)100-76-81(88)75-99-105(93,94)101-79-82(77-97-84(89)71-67-63-59-55-51-47-43-36-32-28-24-20-16-12-8-4)103-86(91)73-69-65-61-57-53-49-45-41-38-34-30-26-22-18-14-10-6-2/h21-22,24-26,28,33-34,36-38,43-45,48-49,56-57,60-61,81-83,88H,5-20,23,27,29-32,35,39-42,46-47,50-55,58-59,62-80H2,1-4H3,(H,93,94)(H,95,96)/b25-21-,26-22-,28-24-,37-33-,38-34-,43-36-,48-44-,49-45-,60-56-,61-57-/t81-,82-,83-/m1/s1. The molecule has 2 unspecified atom stereocenters. The van der Waals surface area contributed by atoms with Crippen molar-refractivity contribution in [3.63, 3.8) is 0 Å².